The molecule has 94 valence electrons. The molecule has 1 rings (SSSR count). The second-order valence-corrected chi connectivity index (χ2v) is 5.79. The maximum atomic E-state index is 11.6. The van der Waals surface area contributed by atoms with Gasteiger partial charge in [-0.25, -0.2) is 23.2 Å². The molecule has 0 saturated carbocycles. The molecule has 6 nitrogen and oxygen atoms in total. The van der Waals surface area contributed by atoms with Crippen LogP contribution in [0.4, 0.5) is 0 Å². The predicted octanol–water partition coefficient (Wildman–Crippen LogP) is 0.754. The maximum absolute atomic E-state index is 11.6. The fourth-order valence-corrected chi connectivity index (χ4v) is 1.65. The van der Waals surface area contributed by atoms with Crippen LogP contribution >= 0.6 is 0 Å². The summed E-state index contributed by atoms with van der Waals surface area (Å²) < 4.78 is 27.4. The van der Waals surface area contributed by atoms with Gasteiger partial charge in [-0.3, -0.25) is 0 Å². The van der Waals surface area contributed by atoms with Gasteiger partial charge < -0.3 is 4.74 Å². The van der Waals surface area contributed by atoms with Crippen LogP contribution in [0.2, 0.25) is 0 Å². The van der Waals surface area contributed by atoms with E-state index in [4.69, 9.17) is 4.74 Å². The van der Waals surface area contributed by atoms with E-state index in [9.17, 15) is 13.2 Å². The van der Waals surface area contributed by atoms with E-state index < -0.39 is 15.8 Å². The molecule has 0 N–H and O–H groups in total. The molecular formula is C10H14N2O4S. The van der Waals surface area contributed by atoms with E-state index in [1.54, 1.807) is 13.8 Å². The molecule has 0 saturated heterocycles. The number of hydrogen-bond acceptors (Lipinski definition) is 6. The number of aromatic nitrogens is 2. The molecule has 0 fully saturated rings. The highest BCUT2D eigenvalue weighted by atomic mass is 32.2. The van der Waals surface area contributed by atoms with Crippen LogP contribution in [0.3, 0.4) is 0 Å². The van der Waals surface area contributed by atoms with Crippen molar-refractivity contribution in [3.8, 4) is 0 Å². The summed E-state index contributed by atoms with van der Waals surface area (Å²) >= 11 is 0. The second-order valence-electron chi connectivity index (χ2n) is 3.88. The molecule has 1 heterocycles. The molecule has 0 unspecified atom stereocenters. The summed E-state index contributed by atoms with van der Waals surface area (Å²) in [7, 11) is -3.47. The highest BCUT2D eigenvalue weighted by Crippen LogP contribution is 2.10. The standard InChI is InChI=1S/C10H14N2O4S/c1-6(2)16-9(13)8-5-11-10(12-7(8)3)17(4,14)15/h5-6H,1-4H3. The fraction of sp³-hybridized carbons (Fsp3) is 0.500. The SMILES string of the molecule is Cc1nc(S(C)(=O)=O)ncc1C(=O)OC(C)C. The third-order valence-corrected chi connectivity index (χ3v) is 2.71. The first-order valence-corrected chi connectivity index (χ1v) is 6.85. The van der Waals surface area contributed by atoms with Crippen molar-refractivity contribution in [3.63, 3.8) is 0 Å². The molecule has 0 radical (unpaired) electrons. The van der Waals surface area contributed by atoms with E-state index in [2.05, 4.69) is 9.97 Å². The van der Waals surface area contributed by atoms with Crippen LogP contribution in [0.15, 0.2) is 11.4 Å². The van der Waals surface area contributed by atoms with Gasteiger partial charge in [0.15, 0.2) is 0 Å². The quantitative estimate of drug-likeness (QED) is 0.587. The lowest BCUT2D eigenvalue weighted by molar-refractivity contribution is 0.0375. The molecule has 0 aliphatic carbocycles. The van der Waals surface area contributed by atoms with Gasteiger partial charge in [0.25, 0.3) is 0 Å². The first-order chi connectivity index (χ1) is 7.71. The van der Waals surface area contributed by atoms with Gasteiger partial charge in [-0.2, -0.15) is 0 Å². The molecule has 0 aromatic carbocycles. The molecule has 0 bridgehead atoms. The summed E-state index contributed by atoms with van der Waals surface area (Å²) in [5.74, 6) is -0.558. The summed E-state index contributed by atoms with van der Waals surface area (Å²) in [6.45, 7) is 4.98. The summed E-state index contributed by atoms with van der Waals surface area (Å²) in [5, 5.41) is -0.295. The number of aryl methyl sites for hydroxylation is 1. The number of ether oxygens (including phenoxy) is 1. The number of rotatable bonds is 3. The first-order valence-electron chi connectivity index (χ1n) is 4.96. The molecule has 0 aliphatic heterocycles. The zero-order valence-corrected chi connectivity index (χ0v) is 10.9. The minimum atomic E-state index is -3.47. The molecule has 0 aliphatic rings. The van der Waals surface area contributed by atoms with Gasteiger partial charge in [0.1, 0.15) is 0 Å². The Morgan fingerprint density at radius 2 is 2.00 bits per heavy atom. The first kappa shape index (κ1) is 13.6. The molecular weight excluding hydrogens is 244 g/mol. The van der Waals surface area contributed by atoms with Crippen LogP contribution in [-0.4, -0.2) is 36.7 Å². The van der Waals surface area contributed by atoms with Crippen molar-refractivity contribution < 1.29 is 17.9 Å². The monoisotopic (exact) mass is 258 g/mol. The summed E-state index contributed by atoms with van der Waals surface area (Å²) in [4.78, 5) is 19.0. The molecule has 0 spiro atoms. The van der Waals surface area contributed by atoms with Crippen molar-refractivity contribution in [1.29, 1.82) is 0 Å². The largest absolute Gasteiger partial charge is 0.459 e. The Bertz CT molecular complexity index is 537. The lowest BCUT2D eigenvalue weighted by Gasteiger charge is -2.09. The van der Waals surface area contributed by atoms with E-state index >= 15 is 0 Å². The van der Waals surface area contributed by atoms with Gasteiger partial charge in [-0.05, 0) is 20.8 Å². The smallest absolute Gasteiger partial charge is 0.341 e. The van der Waals surface area contributed by atoms with Gasteiger partial charge in [-0.1, -0.05) is 0 Å². The van der Waals surface area contributed by atoms with Crippen molar-refractivity contribution in [3.05, 3.63) is 17.5 Å². The normalized spacial score (nSPS) is 11.6. The van der Waals surface area contributed by atoms with Crippen molar-refractivity contribution in [2.45, 2.75) is 32.0 Å². The summed E-state index contributed by atoms with van der Waals surface area (Å²) in [6, 6.07) is 0. The van der Waals surface area contributed by atoms with E-state index in [-0.39, 0.29) is 22.5 Å². The van der Waals surface area contributed by atoms with Gasteiger partial charge in [0, 0.05) is 12.5 Å². The number of hydrogen-bond donors (Lipinski definition) is 0. The van der Waals surface area contributed by atoms with Crippen molar-refractivity contribution in [2.24, 2.45) is 0 Å². The topological polar surface area (TPSA) is 86.2 Å². The number of nitrogens with zero attached hydrogens (tertiary/aromatic N) is 2. The molecule has 7 heteroatoms. The van der Waals surface area contributed by atoms with E-state index in [1.807, 2.05) is 0 Å². The fourth-order valence-electron chi connectivity index (χ4n) is 1.10. The van der Waals surface area contributed by atoms with Gasteiger partial charge >= 0.3 is 5.97 Å². The van der Waals surface area contributed by atoms with E-state index in [0.717, 1.165) is 6.26 Å². The lowest BCUT2D eigenvalue weighted by atomic mass is 10.2. The van der Waals surface area contributed by atoms with Crippen LogP contribution in [0.25, 0.3) is 0 Å². The van der Waals surface area contributed by atoms with Crippen LogP contribution in [0, 0.1) is 6.92 Å². The van der Waals surface area contributed by atoms with E-state index in [1.165, 1.54) is 13.1 Å². The lowest BCUT2D eigenvalue weighted by Crippen LogP contribution is -2.15. The maximum Gasteiger partial charge on any atom is 0.341 e. The number of carbonyl (C=O) groups is 1. The van der Waals surface area contributed by atoms with E-state index in [0.29, 0.717) is 0 Å². The van der Waals surface area contributed by atoms with Crippen LogP contribution in [0.1, 0.15) is 29.9 Å². The van der Waals surface area contributed by atoms with Crippen LogP contribution in [-0.2, 0) is 14.6 Å². The Morgan fingerprint density at radius 3 is 2.41 bits per heavy atom. The molecule has 0 amide bonds. The van der Waals surface area contributed by atoms with Crippen molar-refractivity contribution in [2.75, 3.05) is 6.26 Å². The van der Waals surface area contributed by atoms with Crippen molar-refractivity contribution >= 4 is 15.8 Å². The van der Waals surface area contributed by atoms with Crippen LogP contribution in [0.5, 0.6) is 0 Å². The second kappa shape index (κ2) is 4.79. The Kier molecular flexibility index (Phi) is 3.82. The Labute approximate surface area is 100.0 Å². The van der Waals surface area contributed by atoms with Gasteiger partial charge in [-0.15, -0.1) is 0 Å². The number of esters is 1. The number of sulfone groups is 1. The average molecular weight is 258 g/mol. The molecule has 1 aromatic rings. The Morgan fingerprint density at radius 1 is 1.41 bits per heavy atom. The highest BCUT2D eigenvalue weighted by Gasteiger charge is 2.18. The van der Waals surface area contributed by atoms with Crippen LogP contribution < -0.4 is 0 Å². The third-order valence-electron chi connectivity index (χ3n) is 1.85. The zero-order valence-electron chi connectivity index (χ0n) is 10.1. The summed E-state index contributed by atoms with van der Waals surface area (Å²) in [6.07, 6.45) is 1.92. The third kappa shape index (κ3) is 3.48. The Hall–Kier alpha value is -1.50. The predicted molar refractivity (Wildman–Crippen MR) is 60.4 cm³/mol. The van der Waals surface area contributed by atoms with Crippen molar-refractivity contribution in [1.82, 2.24) is 9.97 Å². The Balaban J connectivity index is 3.11. The summed E-state index contributed by atoms with van der Waals surface area (Å²) in [5.41, 5.74) is 0.456. The van der Waals surface area contributed by atoms with Gasteiger partial charge in [0.05, 0.1) is 17.4 Å². The minimum absolute atomic E-state index is 0.172. The number of carbonyl (C=O) groups excluding carboxylic acids is 1. The minimum Gasteiger partial charge on any atom is -0.459 e. The van der Waals surface area contributed by atoms with Gasteiger partial charge in [0.2, 0.25) is 15.0 Å². The highest BCUT2D eigenvalue weighted by molar-refractivity contribution is 7.90. The molecule has 17 heavy (non-hydrogen) atoms. The molecule has 0 atom stereocenters. The zero-order chi connectivity index (χ0) is 13.2. The molecule has 1 aromatic heterocycles. The average Bonchev–Trinajstić information content (AvgIpc) is 2.14.